The van der Waals surface area contributed by atoms with E-state index in [9.17, 15) is 9.59 Å². The molecule has 0 bridgehead atoms. The van der Waals surface area contributed by atoms with E-state index < -0.39 is 0 Å². The summed E-state index contributed by atoms with van der Waals surface area (Å²) in [5.74, 6) is 1.39. The number of amides is 3. The van der Waals surface area contributed by atoms with Gasteiger partial charge in [0.15, 0.2) is 5.82 Å². The molecule has 2 aromatic heterocycles. The zero-order chi connectivity index (χ0) is 24.9. The number of carbonyl (C=O) groups excluding carboxylic acids is 2. The van der Waals surface area contributed by atoms with Crippen molar-refractivity contribution in [2.75, 3.05) is 49.6 Å². The number of pyridine rings is 1. The largest absolute Gasteiger partial charge is 0.378 e. The lowest BCUT2D eigenvalue weighted by atomic mass is 10.0. The van der Waals surface area contributed by atoms with Gasteiger partial charge in [0.1, 0.15) is 11.5 Å². The molecule has 186 valence electrons. The van der Waals surface area contributed by atoms with Gasteiger partial charge < -0.3 is 25.2 Å². The van der Waals surface area contributed by atoms with E-state index in [2.05, 4.69) is 20.5 Å². The van der Waals surface area contributed by atoms with Gasteiger partial charge in [0.25, 0.3) is 5.91 Å². The summed E-state index contributed by atoms with van der Waals surface area (Å²) in [4.78, 5) is 43.0. The number of ether oxygens (including phenoxy) is 1. The quantitative estimate of drug-likeness (QED) is 0.569. The van der Waals surface area contributed by atoms with Crippen molar-refractivity contribution >= 4 is 23.4 Å². The first-order chi connectivity index (χ1) is 17.6. The number of urea groups is 1. The molecule has 5 rings (SSSR count). The standard InChI is InChI=1S/C26H29N7O3/c1-2-27-26(35)29-19-8-6-18(7-9-19)23-30-21-10-12-33(25(34)22-5-3-4-11-28-22)17-20(21)24(31-23)32-13-15-36-16-14-32/h3-9,11H,2,10,12-17H2,1H3,(H2,27,29,35). The maximum atomic E-state index is 13.1. The van der Waals surface area contributed by atoms with E-state index in [4.69, 9.17) is 14.7 Å². The number of aromatic nitrogens is 3. The van der Waals surface area contributed by atoms with Crippen LogP contribution in [0, 0.1) is 0 Å². The molecule has 0 unspecified atom stereocenters. The van der Waals surface area contributed by atoms with Crippen molar-refractivity contribution in [1.29, 1.82) is 0 Å². The Morgan fingerprint density at radius 2 is 1.83 bits per heavy atom. The minimum Gasteiger partial charge on any atom is -0.378 e. The average molecular weight is 488 g/mol. The first-order valence-corrected chi connectivity index (χ1v) is 12.2. The third kappa shape index (κ3) is 5.13. The molecule has 10 heteroatoms. The Balaban J connectivity index is 1.45. The van der Waals surface area contributed by atoms with Gasteiger partial charge in [0, 0.05) is 55.6 Å². The van der Waals surface area contributed by atoms with Gasteiger partial charge in [-0.3, -0.25) is 9.78 Å². The van der Waals surface area contributed by atoms with Gasteiger partial charge in [-0.2, -0.15) is 0 Å². The molecule has 1 fully saturated rings. The van der Waals surface area contributed by atoms with Crippen LogP contribution in [0.5, 0.6) is 0 Å². The van der Waals surface area contributed by atoms with E-state index in [1.54, 1.807) is 18.3 Å². The molecule has 0 radical (unpaired) electrons. The van der Waals surface area contributed by atoms with Crippen LogP contribution in [0.25, 0.3) is 11.4 Å². The number of hydrogen-bond donors (Lipinski definition) is 2. The zero-order valence-electron chi connectivity index (χ0n) is 20.2. The highest BCUT2D eigenvalue weighted by molar-refractivity contribution is 5.92. The fraction of sp³-hybridized carbons (Fsp3) is 0.346. The molecule has 1 aromatic carbocycles. The summed E-state index contributed by atoms with van der Waals surface area (Å²) in [6, 6.07) is 12.6. The van der Waals surface area contributed by atoms with Gasteiger partial charge in [0.05, 0.1) is 25.5 Å². The van der Waals surface area contributed by atoms with E-state index in [-0.39, 0.29) is 11.9 Å². The van der Waals surface area contributed by atoms with Crippen LogP contribution < -0.4 is 15.5 Å². The Labute approximate surface area is 209 Å². The summed E-state index contributed by atoms with van der Waals surface area (Å²) in [5, 5.41) is 5.53. The van der Waals surface area contributed by atoms with Crippen LogP contribution in [0.15, 0.2) is 48.7 Å². The van der Waals surface area contributed by atoms with Crippen LogP contribution in [0.3, 0.4) is 0 Å². The Hall–Kier alpha value is -4.05. The van der Waals surface area contributed by atoms with E-state index >= 15 is 0 Å². The van der Waals surface area contributed by atoms with Gasteiger partial charge in [-0.05, 0) is 43.3 Å². The monoisotopic (exact) mass is 487 g/mol. The maximum absolute atomic E-state index is 13.1. The number of anilines is 2. The summed E-state index contributed by atoms with van der Waals surface area (Å²) < 4.78 is 5.56. The molecule has 2 aliphatic rings. The van der Waals surface area contributed by atoms with E-state index in [1.807, 2.05) is 42.2 Å². The Kier molecular flexibility index (Phi) is 7.03. The molecule has 2 N–H and O–H groups in total. The van der Waals surface area contributed by atoms with Crippen LogP contribution in [-0.4, -0.2) is 71.2 Å². The normalized spacial score (nSPS) is 15.2. The lowest BCUT2D eigenvalue weighted by molar-refractivity contribution is 0.0727. The molecule has 2 aliphatic heterocycles. The summed E-state index contributed by atoms with van der Waals surface area (Å²) in [5.41, 5.74) is 3.93. The van der Waals surface area contributed by atoms with Crippen molar-refractivity contribution < 1.29 is 14.3 Å². The van der Waals surface area contributed by atoms with Gasteiger partial charge in [-0.15, -0.1) is 0 Å². The third-order valence-electron chi connectivity index (χ3n) is 6.26. The number of fused-ring (bicyclic) bond motifs is 1. The highest BCUT2D eigenvalue weighted by Gasteiger charge is 2.29. The number of hydrogen-bond acceptors (Lipinski definition) is 7. The van der Waals surface area contributed by atoms with Crippen molar-refractivity contribution in [3.05, 3.63) is 65.6 Å². The predicted octanol–water partition coefficient (Wildman–Crippen LogP) is 2.72. The van der Waals surface area contributed by atoms with E-state index in [0.717, 1.165) is 35.7 Å². The van der Waals surface area contributed by atoms with Crippen LogP contribution in [0.4, 0.5) is 16.3 Å². The predicted molar refractivity (Wildman–Crippen MR) is 136 cm³/mol. The zero-order valence-corrected chi connectivity index (χ0v) is 20.2. The average Bonchev–Trinajstić information content (AvgIpc) is 2.93. The first-order valence-electron chi connectivity index (χ1n) is 12.2. The lowest BCUT2D eigenvalue weighted by Gasteiger charge is -2.34. The second-order valence-electron chi connectivity index (χ2n) is 8.65. The number of nitrogens with one attached hydrogen (secondary N) is 2. The minimum atomic E-state index is -0.241. The fourth-order valence-electron chi connectivity index (χ4n) is 4.43. The maximum Gasteiger partial charge on any atom is 0.319 e. The highest BCUT2D eigenvalue weighted by Crippen LogP contribution is 2.31. The van der Waals surface area contributed by atoms with Crippen LogP contribution in [0.2, 0.25) is 0 Å². The molecule has 0 aliphatic carbocycles. The van der Waals surface area contributed by atoms with Crippen LogP contribution >= 0.6 is 0 Å². The highest BCUT2D eigenvalue weighted by atomic mass is 16.5. The Bertz CT molecular complexity index is 1230. The molecule has 0 atom stereocenters. The number of morpholine rings is 1. The van der Waals surface area contributed by atoms with Crippen LogP contribution in [0.1, 0.15) is 28.7 Å². The molecule has 36 heavy (non-hydrogen) atoms. The Morgan fingerprint density at radius 1 is 1.03 bits per heavy atom. The van der Waals surface area contributed by atoms with Gasteiger partial charge in [0.2, 0.25) is 0 Å². The molecule has 0 spiro atoms. The summed E-state index contributed by atoms with van der Waals surface area (Å²) in [6.45, 7) is 6.15. The molecule has 0 saturated carbocycles. The molecule has 3 amide bonds. The summed E-state index contributed by atoms with van der Waals surface area (Å²) >= 11 is 0. The van der Waals surface area contributed by atoms with Crippen molar-refractivity contribution in [1.82, 2.24) is 25.2 Å². The fourth-order valence-corrected chi connectivity index (χ4v) is 4.43. The SMILES string of the molecule is CCNC(=O)Nc1ccc(-c2nc3c(c(N4CCOCC4)n2)CN(C(=O)c2ccccn2)CC3)cc1. The molecular weight excluding hydrogens is 458 g/mol. The number of rotatable bonds is 5. The first kappa shape index (κ1) is 23.7. The van der Waals surface area contributed by atoms with Crippen molar-refractivity contribution in [3.63, 3.8) is 0 Å². The summed E-state index contributed by atoms with van der Waals surface area (Å²) in [6.07, 6.45) is 2.27. The number of nitrogens with zero attached hydrogens (tertiary/aromatic N) is 5. The van der Waals surface area contributed by atoms with Crippen molar-refractivity contribution in [3.8, 4) is 11.4 Å². The molecule has 4 heterocycles. The lowest BCUT2D eigenvalue weighted by Crippen LogP contribution is -2.41. The second kappa shape index (κ2) is 10.7. The summed E-state index contributed by atoms with van der Waals surface area (Å²) in [7, 11) is 0. The number of benzene rings is 1. The molecular formula is C26H29N7O3. The van der Waals surface area contributed by atoms with E-state index in [1.165, 1.54) is 0 Å². The van der Waals surface area contributed by atoms with Crippen LogP contribution in [-0.2, 0) is 17.7 Å². The third-order valence-corrected chi connectivity index (χ3v) is 6.26. The van der Waals surface area contributed by atoms with Gasteiger partial charge in [-0.25, -0.2) is 14.8 Å². The molecule has 10 nitrogen and oxygen atoms in total. The van der Waals surface area contributed by atoms with Gasteiger partial charge >= 0.3 is 6.03 Å². The van der Waals surface area contributed by atoms with Gasteiger partial charge in [-0.1, -0.05) is 6.07 Å². The minimum absolute atomic E-state index is 0.0894. The van der Waals surface area contributed by atoms with Crippen molar-refractivity contribution in [2.45, 2.75) is 19.9 Å². The topological polar surface area (TPSA) is 113 Å². The molecule has 1 saturated heterocycles. The Morgan fingerprint density at radius 3 is 2.56 bits per heavy atom. The second-order valence-corrected chi connectivity index (χ2v) is 8.65. The molecule has 3 aromatic rings. The smallest absolute Gasteiger partial charge is 0.319 e. The number of carbonyl (C=O) groups is 2. The van der Waals surface area contributed by atoms with Crippen molar-refractivity contribution in [2.24, 2.45) is 0 Å². The van der Waals surface area contributed by atoms with E-state index in [0.29, 0.717) is 56.5 Å².